The van der Waals surface area contributed by atoms with Crippen molar-refractivity contribution >= 4 is 17.3 Å². The third-order valence-electron chi connectivity index (χ3n) is 2.21. The number of nitrogens with zero attached hydrogens (tertiary/aromatic N) is 1. The van der Waals surface area contributed by atoms with Gasteiger partial charge in [0.2, 0.25) is 5.91 Å². The zero-order valence-corrected chi connectivity index (χ0v) is 9.29. The number of nitrogen functional groups attached to an aromatic ring is 1. The Morgan fingerprint density at radius 3 is 2.88 bits per heavy atom. The number of unbranched alkanes of at least 4 members (excludes halogenated alkanes) is 1. The fraction of sp³-hybridized carbons (Fsp3) is 0.333. The quantitative estimate of drug-likeness (QED) is 0.759. The zero-order valence-electron chi connectivity index (χ0n) is 9.29. The lowest BCUT2D eigenvalue weighted by molar-refractivity contribution is -0.116. The Bertz CT molecular complexity index is 421. The van der Waals surface area contributed by atoms with Crippen LogP contribution in [0.5, 0.6) is 0 Å². The van der Waals surface area contributed by atoms with Gasteiger partial charge in [-0.05, 0) is 24.6 Å². The molecular weight excluding hydrogens is 202 g/mol. The fourth-order valence-corrected chi connectivity index (χ4v) is 1.30. The van der Waals surface area contributed by atoms with Crippen LogP contribution in [0, 0.1) is 11.3 Å². The Morgan fingerprint density at radius 1 is 1.56 bits per heavy atom. The van der Waals surface area contributed by atoms with Crippen LogP contribution in [0.2, 0.25) is 0 Å². The van der Waals surface area contributed by atoms with Gasteiger partial charge in [-0.1, -0.05) is 13.3 Å². The van der Waals surface area contributed by atoms with E-state index in [4.69, 9.17) is 11.0 Å². The van der Waals surface area contributed by atoms with E-state index in [-0.39, 0.29) is 5.91 Å². The van der Waals surface area contributed by atoms with E-state index in [1.54, 1.807) is 18.2 Å². The first kappa shape index (κ1) is 12.1. The topological polar surface area (TPSA) is 78.9 Å². The lowest BCUT2D eigenvalue weighted by Crippen LogP contribution is -2.12. The van der Waals surface area contributed by atoms with Crippen LogP contribution in [-0.2, 0) is 4.79 Å². The van der Waals surface area contributed by atoms with E-state index in [2.05, 4.69) is 5.32 Å². The molecule has 0 saturated heterocycles. The summed E-state index contributed by atoms with van der Waals surface area (Å²) in [7, 11) is 0. The maximum absolute atomic E-state index is 11.4. The van der Waals surface area contributed by atoms with Crippen LogP contribution in [0.1, 0.15) is 31.7 Å². The van der Waals surface area contributed by atoms with E-state index in [1.807, 2.05) is 13.0 Å². The molecular formula is C12H15N3O. The maximum atomic E-state index is 11.4. The molecule has 1 aromatic carbocycles. The van der Waals surface area contributed by atoms with Gasteiger partial charge in [0.05, 0.1) is 23.0 Å². The van der Waals surface area contributed by atoms with Crippen molar-refractivity contribution in [3.63, 3.8) is 0 Å². The zero-order chi connectivity index (χ0) is 12.0. The molecule has 0 aliphatic carbocycles. The minimum absolute atomic E-state index is 0.0433. The van der Waals surface area contributed by atoms with Gasteiger partial charge in [0.1, 0.15) is 0 Å². The third kappa shape index (κ3) is 3.28. The molecule has 0 unspecified atom stereocenters. The predicted octanol–water partition coefficient (Wildman–Crippen LogP) is 2.27. The normalized spacial score (nSPS) is 9.50. The molecule has 0 bridgehead atoms. The second-order valence-electron chi connectivity index (χ2n) is 3.57. The smallest absolute Gasteiger partial charge is 0.224 e. The van der Waals surface area contributed by atoms with Gasteiger partial charge < -0.3 is 11.1 Å². The lowest BCUT2D eigenvalue weighted by atomic mass is 10.2. The molecule has 4 nitrogen and oxygen atoms in total. The molecule has 1 amide bonds. The second kappa shape index (κ2) is 5.76. The maximum Gasteiger partial charge on any atom is 0.224 e. The third-order valence-corrected chi connectivity index (χ3v) is 2.21. The summed E-state index contributed by atoms with van der Waals surface area (Å²) in [5.41, 5.74) is 7.19. The van der Waals surface area contributed by atoms with Gasteiger partial charge in [-0.25, -0.2) is 0 Å². The van der Waals surface area contributed by atoms with Gasteiger partial charge in [0.25, 0.3) is 0 Å². The highest BCUT2D eigenvalue weighted by molar-refractivity contribution is 5.93. The summed E-state index contributed by atoms with van der Waals surface area (Å²) in [4.78, 5) is 11.4. The highest BCUT2D eigenvalue weighted by Gasteiger charge is 2.05. The Morgan fingerprint density at radius 2 is 2.31 bits per heavy atom. The van der Waals surface area contributed by atoms with Crippen LogP contribution < -0.4 is 11.1 Å². The summed E-state index contributed by atoms with van der Waals surface area (Å²) in [6, 6.07) is 6.82. The Hall–Kier alpha value is -2.02. The number of nitrogens with two attached hydrogens (primary N) is 1. The Labute approximate surface area is 95.1 Å². The molecule has 16 heavy (non-hydrogen) atoms. The summed E-state index contributed by atoms with van der Waals surface area (Å²) in [6.45, 7) is 2.03. The summed E-state index contributed by atoms with van der Waals surface area (Å²) in [5.74, 6) is -0.0433. The Kier molecular flexibility index (Phi) is 4.34. The van der Waals surface area contributed by atoms with E-state index < -0.39 is 0 Å². The SMILES string of the molecule is CCCCC(=O)Nc1ccc(C#N)cc1N. The molecule has 3 N–H and O–H groups in total. The molecule has 0 heterocycles. The molecule has 0 aliphatic rings. The molecule has 0 fully saturated rings. The van der Waals surface area contributed by atoms with Gasteiger partial charge in [-0.2, -0.15) is 5.26 Å². The lowest BCUT2D eigenvalue weighted by Gasteiger charge is -2.07. The van der Waals surface area contributed by atoms with E-state index >= 15 is 0 Å². The van der Waals surface area contributed by atoms with Crippen LogP contribution in [0.4, 0.5) is 11.4 Å². The standard InChI is InChI=1S/C12H15N3O/c1-2-3-4-12(16)15-11-6-5-9(8-13)7-10(11)14/h5-7H,2-4,14H2,1H3,(H,15,16). The van der Waals surface area contributed by atoms with Crippen molar-refractivity contribution in [1.29, 1.82) is 5.26 Å². The van der Waals surface area contributed by atoms with Gasteiger partial charge >= 0.3 is 0 Å². The van der Waals surface area contributed by atoms with Crippen LogP contribution in [0.3, 0.4) is 0 Å². The number of nitrogens with one attached hydrogen (secondary N) is 1. The highest BCUT2D eigenvalue weighted by atomic mass is 16.1. The summed E-state index contributed by atoms with van der Waals surface area (Å²) < 4.78 is 0. The molecule has 0 atom stereocenters. The van der Waals surface area contributed by atoms with Crippen molar-refractivity contribution in [3.8, 4) is 6.07 Å². The number of hydrogen-bond donors (Lipinski definition) is 2. The number of nitriles is 1. The van der Waals surface area contributed by atoms with Crippen molar-refractivity contribution in [3.05, 3.63) is 23.8 Å². The van der Waals surface area contributed by atoms with Gasteiger partial charge in [-0.3, -0.25) is 4.79 Å². The van der Waals surface area contributed by atoms with Crippen molar-refractivity contribution in [2.45, 2.75) is 26.2 Å². The van der Waals surface area contributed by atoms with E-state index in [0.29, 0.717) is 23.4 Å². The average molecular weight is 217 g/mol. The minimum atomic E-state index is -0.0433. The average Bonchev–Trinajstić information content (AvgIpc) is 2.29. The van der Waals surface area contributed by atoms with Gasteiger partial charge in [0, 0.05) is 6.42 Å². The van der Waals surface area contributed by atoms with Gasteiger partial charge in [-0.15, -0.1) is 0 Å². The number of anilines is 2. The van der Waals surface area contributed by atoms with Crippen LogP contribution in [0.15, 0.2) is 18.2 Å². The van der Waals surface area contributed by atoms with Crippen LogP contribution >= 0.6 is 0 Å². The number of amides is 1. The minimum Gasteiger partial charge on any atom is -0.397 e. The molecule has 0 aromatic heterocycles. The first-order valence-electron chi connectivity index (χ1n) is 5.27. The van der Waals surface area contributed by atoms with E-state index in [1.165, 1.54) is 0 Å². The number of benzene rings is 1. The van der Waals surface area contributed by atoms with Gasteiger partial charge in [0.15, 0.2) is 0 Å². The molecule has 1 aromatic rings. The number of hydrogen-bond acceptors (Lipinski definition) is 3. The summed E-state index contributed by atoms with van der Waals surface area (Å²) >= 11 is 0. The molecule has 0 radical (unpaired) electrons. The largest absolute Gasteiger partial charge is 0.397 e. The Balaban J connectivity index is 2.68. The number of carbonyl (C=O) groups excluding carboxylic acids is 1. The molecule has 84 valence electrons. The van der Waals surface area contributed by atoms with Crippen molar-refractivity contribution in [2.24, 2.45) is 0 Å². The van der Waals surface area contributed by atoms with E-state index in [9.17, 15) is 4.79 Å². The van der Waals surface area contributed by atoms with Crippen LogP contribution in [-0.4, -0.2) is 5.91 Å². The molecule has 4 heteroatoms. The van der Waals surface area contributed by atoms with E-state index in [0.717, 1.165) is 12.8 Å². The molecule has 1 rings (SSSR count). The first-order valence-corrected chi connectivity index (χ1v) is 5.27. The molecule has 0 saturated carbocycles. The van der Waals surface area contributed by atoms with Crippen molar-refractivity contribution in [2.75, 3.05) is 11.1 Å². The summed E-state index contributed by atoms with van der Waals surface area (Å²) in [5, 5.41) is 11.4. The number of carbonyl (C=O) groups is 1. The van der Waals surface area contributed by atoms with Crippen molar-refractivity contribution in [1.82, 2.24) is 0 Å². The number of rotatable bonds is 4. The fourth-order valence-electron chi connectivity index (χ4n) is 1.30. The highest BCUT2D eigenvalue weighted by Crippen LogP contribution is 2.19. The van der Waals surface area contributed by atoms with Crippen molar-refractivity contribution < 1.29 is 4.79 Å². The molecule has 0 spiro atoms. The van der Waals surface area contributed by atoms with Crippen LogP contribution in [0.25, 0.3) is 0 Å². The first-order chi connectivity index (χ1) is 7.67. The second-order valence-corrected chi connectivity index (χ2v) is 3.57. The molecule has 0 aliphatic heterocycles. The predicted molar refractivity (Wildman–Crippen MR) is 63.7 cm³/mol. The summed E-state index contributed by atoms with van der Waals surface area (Å²) in [6.07, 6.45) is 2.34. The monoisotopic (exact) mass is 217 g/mol.